The molecular weight excluding hydrogens is 596 g/mol. The zero-order valence-corrected chi connectivity index (χ0v) is 26.2. The number of nitrogens with two attached hydrogens (primary N) is 1. The number of imide groups is 1. The lowest BCUT2D eigenvalue weighted by atomic mass is 9.81. The van der Waals surface area contributed by atoms with E-state index >= 15 is 0 Å². The molecule has 244 valence electrons. The number of aliphatic hydroxyl groups is 1. The van der Waals surface area contributed by atoms with E-state index in [0.717, 1.165) is 28.7 Å². The molecule has 2 atom stereocenters. The molecule has 4 rings (SSSR count). The first-order chi connectivity index (χ1) is 21.8. The Morgan fingerprint density at radius 1 is 1.04 bits per heavy atom. The molecule has 0 spiro atoms. The predicted octanol–water partition coefficient (Wildman–Crippen LogP) is 3.64. The van der Waals surface area contributed by atoms with Crippen LogP contribution in [0.2, 0.25) is 0 Å². The summed E-state index contributed by atoms with van der Waals surface area (Å²) in [7, 11) is 0. The van der Waals surface area contributed by atoms with Crippen molar-refractivity contribution in [1.29, 1.82) is 0 Å². The number of nitrogens with zero attached hydrogens (tertiary/aromatic N) is 4. The van der Waals surface area contributed by atoms with E-state index in [1.807, 2.05) is 51.1 Å². The number of carbonyl (C=O) groups excluding carboxylic acids is 4. The van der Waals surface area contributed by atoms with E-state index in [1.54, 1.807) is 6.20 Å². The molecule has 0 saturated carbocycles. The summed E-state index contributed by atoms with van der Waals surface area (Å²) >= 11 is 0. The second kappa shape index (κ2) is 14.7. The minimum absolute atomic E-state index is 0.00673. The number of ketones is 1. The van der Waals surface area contributed by atoms with Crippen LogP contribution in [0.15, 0.2) is 66.9 Å². The SMILES string of the molecule is CC(C)(C)[C@H](c1nn(-c2cc(F)ccc2F)cc1Cc1ccccc1)N(CC[C@H](N)C(=O)CCCN1C(=O)C=CC1=O)C(=O)CO. The maximum Gasteiger partial charge on any atom is 0.253 e. The normalized spacial score (nSPS) is 14.5. The number of carbonyl (C=O) groups is 4. The minimum Gasteiger partial charge on any atom is -0.387 e. The highest BCUT2D eigenvalue weighted by Gasteiger charge is 2.38. The number of halogens is 2. The van der Waals surface area contributed by atoms with Crippen molar-refractivity contribution in [1.82, 2.24) is 19.6 Å². The molecular formula is C34H39F2N5O5. The molecule has 1 aliphatic rings. The van der Waals surface area contributed by atoms with Crippen LogP contribution in [0, 0.1) is 17.0 Å². The highest BCUT2D eigenvalue weighted by atomic mass is 19.1. The van der Waals surface area contributed by atoms with Gasteiger partial charge in [0.2, 0.25) is 5.91 Å². The third-order valence-electron chi connectivity index (χ3n) is 7.86. The lowest BCUT2D eigenvalue weighted by Crippen LogP contribution is -2.45. The molecule has 1 aromatic heterocycles. The van der Waals surface area contributed by atoms with E-state index in [4.69, 9.17) is 10.8 Å². The highest BCUT2D eigenvalue weighted by molar-refractivity contribution is 6.12. The zero-order valence-electron chi connectivity index (χ0n) is 26.2. The van der Waals surface area contributed by atoms with Crippen LogP contribution in [-0.4, -0.2) is 73.9 Å². The van der Waals surface area contributed by atoms with Crippen LogP contribution in [0.3, 0.4) is 0 Å². The van der Waals surface area contributed by atoms with Crippen molar-refractivity contribution < 1.29 is 33.1 Å². The summed E-state index contributed by atoms with van der Waals surface area (Å²) in [6.07, 6.45) is 4.67. The Labute approximate surface area is 266 Å². The molecule has 0 aliphatic carbocycles. The topological polar surface area (TPSA) is 139 Å². The van der Waals surface area contributed by atoms with Crippen molar-refractivity contribution in [2.75, 3.05) is 19.7 Å². The maximum absolute atomic E-state index is 14.9. The van der Waals surface area contributed by atoms with Crippen LogP contribution in [-0.2, 0) is 25.6 Å². The largest absolute Gasteiger partial charge is 0.387 e. The summed E-state index contributed by atoms with van der Waals surface area (Å²) in [5, 5.41) is 14.7. The second-order valence-corrected chi connectivity index (χ2v) is 12.4. The van der Waals surface area contributed by atoms with E-state index in [9.17, 15) is 33.1 Å². The number of Topliss-reactive ketones (excluding diaryl/α,β-unsaturated/α-hetero) is 1. The van der Waals surface area contributed by atoms with Crippen molar-refractivity contribution in [3.8, 4) is 5.69 Å². The standard InChI is InChI=1S/C34H39F2N5O5/c1-34(2,3)33(40(31(46)21-42)17-15-26(37)28(43)10-7-16-39-29(44)13-14-30(39)45)32-23(18-22-8-5-4-6-9-22)20-41(38-32)27-19-24(35)11-12-25(27)36/h4-6,8-9,11-14,19-20,26,33,42H,7,10,15-18,21,37H2,1-3H3/t26-,33-/m0/s1. The van der Waals surface area contributed by atoms with Gasteiger partial charge in [0.1, 0.15) is 29.7 Å². The van der Waals surface area contributed by atoms with E-state index in [0.29, 0.717) is 17.7 Å². The molecule has 0 radical (unpaired) electrons. The van der Waals surface area contributed by atoms with Gasteiger partial charge in [-0.05, 0) is 36.0 Å². The lowest BCUT2D eigenvalue weighted by Gasteiger charge is -2.40. The molecule has 12 heteroatoms. The first kappa shape index (κ1) is 34.3. The van der Waals surface area contributed by atoms with E-state index in [1.165, 1.54) is 21.7 Å². The van der Waals surface area contributed by atoms with Gasteiger partial charge in [-0.25, -0.2) is 13.5 Å². The Bertz CT molecular complexity index is 1600. The van der Waals surface area contributed by atoms with Crippen LogP contribution in [0.5, 0.6) is 0 Å². The summed E-state index contributed by atoms with van der Waals surface area (Å²) < 4.78 is 30.3. The number of aliphatic hydroxyl groups excluding tert-OH is 1. The van der Waals surface area contributed by atoms with Crippen molar-refractivity contribution >= 4 is 23.5 Å². The number of hydrogen-bond acceptors (Lipinski definition) is 7. The average Bonchev–Trinajstić information content (AvgIpc) is 3.57. The molecule has 46 heavy (non-hydrogen) atoms. The van der Waals surface area contributed by atoms with Crippen LogP contribution in [0.4, 0.5) is 8.78 Å². The molecule has 0 saturated heterocycles. The second-order valence-electron chi connectivity index (χ2n) is 12.4. The van der Waals surface area contributed by atoms with Gasteiger partial charge in [0.15, 0.2) is 0 Å². The van der Waals surface area contributed by atoms with Gasteiger partial charge in [0.05, 0.1) is 17.8 Å². The molecule has 10 nitrogen and oxygen atoms in total. The Balaban J connectivity index is 1.62. The monoisotopic (exact) mass is 635 g/mol. The molecule has 0 unspecified atom stereocenters. The van der Waals surface area contributed by atoms with Gasteiger partial charge in [0.25, 0.3) is 11.8 Å². The fraction of sp³-hybridized carbons (Fsp3) is 0.382. The third-order valence-corrected chi connectivity index (χ3v) is 7.86. The van der Waals surface area contributed by atoms with Gasteiger partial charge < -0.3 is 15.7 Å². The van der Waals surface area contributed by atoms with Gasteiger partial charge in [-0.1, -0.05) is 51.1 Å². The summed E-state index contributed by atoms with van der Waals surface area (Å²) in [6.45, 7) is 4.95. The summed E-state index contributed by atoms with van der Waals surface area (Å²) in [6, 6.07) is 10.8. The minimum atomic E-state index is -0.958. The van der Waals surface area contributed by atoms with Gasteiger partial charge in [0, 0.05) is 55.9 Å². The molecule has 2 aromatic carbocycles. The van der Waals surface area contributed by atoms with E-state index in [2.05, 4.69) is 0 Å². The number of hydrogen-bond donors (Lipinski definition) is 2. The Hall–Kier alpha value is -4.55. The first-order valence-electron chi connectivity index (χ1n) is 15.1. The average molecular weight is 636 g/mol. The van der Waals surface area contributed by atoms with E-state index in [-0.39, 0.29) is 43.8 Å². The smallest absolute Gasteiger partial charge is 0.253 e. The van der Waals surface area contributed by atoms with Crippen LogP contribution in [0.25, 0.3) is 5.69 Å². The Morgan fingerprint density at radius 2 is 1.72 bits per heavy atom. The summed E-state index contributed by atoms with van der Waals surface area (Å²) in [5.41, 5.74) is 7.48. The summed E-state index contributed by atoms with van der Waals surface area (Å²) in [5.74, 6) is -3.10. The first-order valence-corrected chi connectivity index (χ1v) is 15.1. The molecule has 2 heterocycles. The Morgan fingerprint density at radius 3 is 2.35 bits per heavy atom. The van der Waals surface area contributed by atoms with Crippen LogP contribution < -0.4 is 5.73 Å². The molecule has 3 amide bonds. The molecule has 0 fully saturated rings. The fourth-order valence-corrected chi connectivity index (χ4v) is 5.59. The number of benzene rings is 2. The fourth-order valence-electron chi connectivity index (χ4n) is 5.59. The maximum atomic E-state index is 14.9. The van der Waals surface area contributed by atoms with Crippen LogP contribution in [0.1, 0.15) is 62.9 Å². The van der Waals surface area contributed by atoms with Gasteiger partial charge in [-0.15, -0.1) is 0 Å². The Kier molecular flexibility index (Phi) is 11.0. The van der Waals surface area contributed by atoms with Crippen molar-refractivity contribution in [2.45, 2.75) is 58.5 Å². The lowest BCUT2D eigenvalue weighted by molar-refractivity contribution is -0.140. The third kappa shape index (κ3) is 8.18. The number of rotatable bonds is 14. The van der Waals surface area contributed by atoms with Gasteiger partial charge in [-0.2, -0.15) is 5.10 Å². The quantitative estimate of drug-likeness (QED) is 0.258. The number of amides is 3. The van der Waals surface area contributed by atoms with Crippen molar-refractivity contribution in [3.63, 3.8) is 0 Å². The van der Waals surface area contributed by atoms with Gasteiger partial charge >= 0.3 is 0 Å². The molecule has 3 aromatic rings. The molecule has 3 N–H and O–H groups in total. The molecule has 0 bridgehead atoms. The highest BCUT2D eigenvalue weighted by Crippen LogP contribution is 2.40. The van der Waals surface area contributed by atoms with E-state index < -0.39 is 53.5 Å². The zero-order chi connectivity index (χ0) is 33.6. The van der Waals surface area contributed by atoms with Gasteiger partial charge in [-0.3, -0.25) is 24.1 Å². The van der Waals surface area contributed by atoms with Crippen molar-refractivity contribution in [2.24, 2.45) is 11.1 Å². The number of aromatic nitrogens is 2. The predicted molar refractivity (Wildman–Crippen MR) is 166 cm³/mol. The van der Waals surface area contributed by atoms with Crippen LogP contribution >= 0.6 is 0 Å². The van der Waals surface area contributed by atoms with Crippen molar-refractivity contribution in [3.05, 3.63) is 95.3 Å². The molecule has 1 aliphatic heterocycles. The summed E-state index contributed by atoms with van der Waals surface area (Å²) in [4.78, 5) is 52.2.